The molecule has 3 aromatic rings. The lowest BCUT2D eigenvalue weighted by Gasteiger charge is -2.37. The summed E-state index contributed by atoms with van der Waals surface area (Å²) in [5, 5.41) is 22.3. The first-order valence-corrected chi connectivity index (χ1v) is 14.6. The quantitative estimate of drug-likeness (QED) is 0.387. The Morgan fingerprint density at radius 3 is 2.26 bits per heavy atom. The van der Waals surface area contributed by atoms with E-state index in [2.05, 4.69) is 33.9 Å². The molecule has 1 atom stereocenters. The van der Waals surface area contributed by atoms with Crippen LogP contribution in [0.4, 0.5) is 0 Å². The van der Waals surface area contributed by atoms with Gasteiger partial charge >= 0.3 is 0 Å². The second-order valence-corrected chi connectivity index (χ2v) is 15.3. The molecule has 0 saturated carbocycles. The van der Waals surface area contributed by atoms with E-state index in [4.69, 9.17) is 9.16 Å². The minimum atomic E-state index is -2.01. The van der Waals surface area contributed by atoms with Crippen LogP contribution in [-0.4, -0.2) is 25.1 Å². The van der Waals surface area contributed by atoms with Crippen molar-refractivity contribution in [3.05, 3.63) is 89.0 Å². The van der Waals surface area contributed by atoms with Crippen molar-refractivity contribution in [2.24, 2.45) is 0 Å². The van der Waals surface area contributed by atoms with Crippen molar-refractivity contribution in [2.45, 2.75) is 51.9 Å². The van der Waals surface area contributed by atoms with Gasteiger partial charge in [0.2, 0.25) is 8.32 Å². The molecule has 0 bridgehead atoms. The average Bonchev–Trinajstić information content (AvgIpc) is 2.77. The van der Waals surface area contributed by atoms with E-state index in [0.29, 0.717) is 11.3 Å². The number of benzene rings is 3. The lowest BCUT2D eigenvalue weighted by Crippen LogP contribution is -2.43. The van der Waals surface area contributed by atoms with Gasteiger partial charge in [-0.25, -0.2) is 0 Å². The van der Waals surface area contributed by atoms with Gasteiger partial charge in [-0.05, 0) is 54.4 Å². The molecule has 34 heavy (non-hydrogen) atoms. The summed E-state index contributed by atoms with van der Waals surface area (Å²) in [6, 6.07) is 21.0. The van der Waals surface area contributed by atoms with Crippen LogP contribution < -0.4 is 9.16 Å². The maximum atomic E-state index is 11.5. The minimum Gasteiger partial charge on any atom is -0.543 e. The highest BCUT2D eigenvalue weighted by Crippen LogP contribution is 2.47. The highest BCUT2D eigenvalue weighted by molar-refractivity contribution is 6.74. The number of aliphatic hydroxyl groups is 1. The van der Waals surface area contributed by atoms with Crippen LogP contribution in [0.25, 0.3) is 11.1 Å². The lowest BCUT2D eigenvalue weighted by molar-refractivity contribution is 0.235. The number of hydrogen-bond donors (Lipinski definition) is 2. The Bertz CT molecular complexity index is 1220. The van der Waals surface area contributed by atoms with Crippen LogP contribution in [0.3, 0.4) is 0 Å². The number of hydrogen-bond acceptors (Lipinski definition) is 4. The van der Waals surface area contributed by atoms with E-state index in [1.807, 2.05) is 67.6 Å². The van der Waals surface area contributed by atoms with Crippen molar-refractivity contribution < 1.29 is 19.4 Å². The van der Waals surface area contributed by atoms with Gasteiger partial charge in [0.25, 0.3) is 0 Å². The topological polar surface area (TPSA) is 58.9 Å². The van der Waals surface area contributed by atoms with Gasteiger partial charge in [-0.3, -0.25) is 0 Å². The van der Waals surface area contributed by atoms with Gasteiger partial charge in [-0.1, -0.05) is 63.2 Å². The molecule has 1 aliphatic heterocycles. The Morgan fingerprint density at radius 2 is 1.62 bits per heavy atom. The average molecular weight is 475 g/mol. The zero-order valence-electron chi connectivity index (χ0n) is 20.8. The van der Waals surface area contributed by atoms with Gasteiger partial charge in [0.1, 0.15) is 30.0 Å². The summed E-state index contributed by atoms with van der Waals surface area (Å²) in [4.78, 5) is 0. The predicted molar refractivity (Wildman–Crippen MR) is 141 cm³/mol. The standard InChI is InChI=1S/C29H34O4Si/c1-19-12-14-22(25(30)16-19)24-18-32-26-17-21(33-34(5,6)29(2,3)4)13-15-23(26)27(24)28(31)20-10-8-7-9-11-20/h7-17,28,30-31H,18H2,1-6H3. The third kappa shape index (κ3) is 4.63. The molecule has 1 heterocycles. The van der Waals surface area contributed by atoms with Crippen molar-refractivity contribution >= 4 is 19.5 Å². The monoisotopic (exact) mass is 474 g/mol. The number of fused-ring (bicyclic) bond motifs is 1. The number of phenols is 1. The number of aliphatic hydroxyl groups excluding tert-OH is 1. The molecule has 0 amide bonds. The molecule has 0 saturated heterocycles. The van der Waals surface area contributed by atoms with Crippen LogP contribution in [0.1, 0.15) is 49.1 Å². The van der Waals surface area contributed by atoms with E-state index in [0.717, 1.165) is 33.6 Å². The van der Waals surface area contributed by atoms with Gasteiger partial charge in [0.15, 0.2) is 0 Å². The van der Waals surface area contributed by atoms with Crippen molar-refractivity contribution in [2.75, 3.05) is 6.61 Å². The Labute approximate surface area is 203 Å². The van der Waals surface area contributed by atoms with Crippen LogP contribution in [0.15, 0.2) is 66.7 Å². The molecule has 4 rings (SSSR count). The summed E-state index contributed by atoms with van der Waals surface area (Å²) in [6.45, 7) is 13.3. The first-order chi connectivity index (χ1) is 16.0. The molecular weight excluding hydrogens is 440 g/mol. The van der Waals surface area contributed by atoms with E-state index in [-0.39, 0.29) is 17.4 Å². The number of ether oxygens (including phenoxy) is 1. The van der Waals surface area contributed by atoms with Crippen molar-refractivity contribution in [1.29, 1.82) is 0 Å². The van der Waals surface area contributed by atoms with Crippen molar-refractivity contribution in [1.82, 2.24) is 0 Å². The molecule has 1 unspecified atom stereocenters. The highest BCUT2D eigenvalue weighted by atomic mass is 28.4. The summed E-state index contributed by atoms with van der Waals surface area (Å²) in [5.41, 5.74) is 4.75. The minimum absolute atomic E-state index is 0.0778. The summed E-state index contributed by atoms with van der Waals surface area (Å²) in [7, 11) is -2.01. The highest BCUT2D eigenvalue weighted by Gasteiger charge is 2.39. The summed E-state index contributed by atoms with van der Waals surface area (Å²) in [5.74, 6) is 1.63. The molecule has 4 nitrogen and oxygen atoms in total. The van der Waals surface area contributed by atoms with Gasteiger partial charge < -0.3 is 19.4 Å². The summed E-state index contributed by atoms with van der Waals surface area (Å²) < 4.78 is 12.7. The molecule has 0 fully saturated rings. The van der Waals surface area contributed by atoms with Crippen molar-refractivity contribution in [3.63, 3.8) is 0 Å². The summed E-state index contributed by atoms with van der Waals surface area (Å²) in [6.07, 6.45) is -0.869. The number of rotatable bonds is 5. The van der Waals surface area contributed by atoms with E-state index >= 15 is 0 Å². The Kier molecular flexibility index (Phi) is 6.36. The Hall–Kier alpha value is -3.02. The number of aryl methyl sites for hydroxylation is 1. The molecule has 0 aliphatic carbocycles. The molecule has 2 N–H and O–H groups in total. The molecule has 0 aromatic heterocycles. The second-order valence-electron chi connectivity index (χ2n) is 10.5. The van der Waals surface area contributed by atoms with Gasteiger partial charge in [0.05, 0.1) is 0 Å². The molecule has 0 spiro atoms. The van der Waals surface area contributed by atoms with E-state index in [1.165, 1.54) is 0 Å². The smallest absolute Gasteiger partial charge is 0.250 e. The van der Waals surface area contributed by atoms with Crippen LogP contribution in [0.5, 0.6) is 17.2 Å². The van der Waals surface area contributed by atoms with Crippen LogP contribution in [0.2, 0.25) is 18.1 Å². The van der Waals surface area contributed by atoms with E-state index < -0.39 is 14.4 Å². The maximum Gasteiger partial charge on any atom is 0.250 e. The third-order valence-electron chi connectivity index (χ3n) is 6.99. The summed E-state index contributed by atoms with van der Waals surface area (Å²) >= 11 is 0. The van der Waals surface area contributed by atoms with Gasteiger partial charge in [-0.15, -0.1) is 0 Å². The third-order valence-corrected chi connectivity index (χ3v) is 11.3. The maximum absolute atomic E-state index is 11.5. The molecule has 3 aromatic carbocycles. The van der Waals surface area contributed by atoms with Gasteiger partial charge in [0, 0.05) is 28.3 Å². The first kappa shape index (κ1) is 24.1. The Balaban J connectivity index is 1.84. The molecular formula is C29H34O4Si. The zero-order chi connectivity index (χ0) is 24.7. The zero-order valence-corrected chi connectivity index (χ0v) is 21.8. The molecule has 1 aliphatic rings. The molecule has 5 heteroatoms. The van der Waals surface area contributed by atoms with E-state index in [1.54, 1.807) is 6.07 Å². The fourth-order valence-corrected chi connectivity index (χ4v) is 5.00. The second kappa shape index (κ2) is 8.97. The van der Waals surface area contributed by atoms with Crippen LogP contribution >= 0.6 is 0 Å². The normalized spacial score (nSPS) is 14.9. The first-order valence-electron chi connectivity index (χ1n) is 11.7. The number of phenolic OH excluding ortho intramolecular Hbond substituents is 1. The van der Waals surface area contributed by atoms with Gasteiger partial charge in [-0.2, -0.15) is 0 Å². The molecule has 178 valence electrons. The fourth-order valence-electron chi connectivity index (χ4n) is 3.98. The largest absolute Gasteiger partial charge is 0.543 e. The fraction of sp³-hybridized carbons (Fsp3) is 0.310. The predicted octanol–water partition coefficient (Wildman–Crippen LogP) is 7.12. The van der Waals surface area contributed by atoms with E-state index in [9.17, 15) is 10.2 Å². The SMILES string of the molecule is Cc1ccc(C2=C(C(O)c3ccccc3)c3ccc(O[Si](C)(C)C(C)(C)C)cc3OC2)c(O)c1. The molecule has 0 radical (unpaired) electrons. The van der Waals surface area contributed by atoms with Crippen LogP contribution in [-0.2, 0) is 0 Å². The van der Waals surface area contributed by atoms with Crippen LogP contribution in [0, 0.1) is 6.92 Å². The lowest BCUT2D eigenvalue weighted by atomic mass is 9.86. The van der Waals surface area contributed by atoms with Crippen molar-refractivity contribution in [3.8, 4) is 17.2 Å². The number of aromatic hydroxyl groups is 1. The Morgan fingerprint density at radius 1 is 0.941 bits per heavy atom.